The molecule has 5 rings (SSSR count). The molecule has 0 atom stereocenters. The SMILES string of the molecule is Cc1ccc2c(-c3ccc(O)cc3)c3ccccc3c(-c3ccc(O)cc3)c2c1. The number of aryl methyl sites for hydroxylation is 1. The van der Waals surface area contributed by atoms with Crippen molar-refractivity contribution in [3.05, 3.63) is 96.6 Å². The normalized spacial score (nSPS) is 11.2. The molecule has 0 radical (unpaired) electrons. The maximum absolute atomic E-state index is 9.77. The predicted molar refractivity (Wildman–Crippen MR) is 120 cm³/mol. The van der Waals surface area contributed by atoms with E-state index in [4.69, 9.17) is 0 Å². The molecule has 0 fully saturated rings. The average molecular weight is 376 g/mol. The Labute approximate surface area is 169 Å². The number of rotatable bonds is 2. The second-order valence-corrected chi connectivity index (χ2v) is 7.44. The van der Waals surface area contributed by atoms with Crippen molar-refractivity contribution in [3.8, 4) is 33.8 Å². The summed E-state index contributed by atoms with van der Waals surface area (Å²) in [7, 11) is 0. The first-order valence-electron chi connectivity index (χ1n) is 9.66. The lowest BCUT2D eigenvalue weighted by Gasteiger charge is -2.18. The molecule has 0 saturated carbocycles. The van der Waals surface area contributed by atoms with E-state index in [2.05, 4.69) is 49.4 Å². The molecule has 140 valence electrons. The van der Waals surface area contributed by atoms with Gasteiger partial charge in [-0.1, -0.05) is 72.3 Å². The minimum Gasteiger partial charge on any atom is -0.508 e. The molecule has 0 spiro atoms. The summed E-state index contributed by atoms with van der Waals surface area (Å²) in [4.78, 5) is 0. The van der Waals surface area contributed by atoms with E-state index in [1.807, 2.05) is 24.3 Å². The molecule has 29 heavy (non-hydrogen) atoms. The molecule has 0 heterocycles. The summed E-state index contributed by atoms with van der Waals surface area (Å²) in [5.41, 5.74) is 5.68. The van der Waals surface area contributed by atoms with Crippen molar-refractivity contribution in [2.24, 2.45) is 0 Å². The largest absolute Gasteiger partial charge is 0.508 e. The zero-order valence-corrected chi connectivity index (χ0v) is 16.1. The van der Waals surface area contributed by atoms with Crippen LogP contribution in [0.15, 0.2) is 91.0 Å². The van der Waals surface area contributed by atoms with E-state index in [1.54, 1.807) is 24.3 Å². The molecule has 0 aliphatic heterocycles. The Kier molecular flexibility index (Phi) is 3.99. The third-order valence-corrected chi connectivity index (χ3v) is 5.49. The molecule has 0 unspecified atom stereocenters. The van der Waals surface area contributed by atoms with E-state index in [0.29, 0.717) is 0 Å². The first kappa shape index (κ1) is 17.3. The molecular weight excluding hydrogens is 356 g/mol. The van der Waals surface area contributed by atoms with Crippen LogP contribution in [0.25, 0.3) is 43.8 Å². The van der Waals surface area contributed by atoms with Gasteiger partial charge in [0.2, 0.25) is 0 Å². The van der Waals surface area contributed by atoms with Crippen molar-refractivity contribution in [3.63, 3.8) is 0 Å². The molecule has 5 aromatic rings. The highest BCUT2D eigenvalue weighted by atomic mass is 16.3. The summed E-state index contributed by atoms with van der Waals surface area (Å²) in [6, 6.07) is 29.8. The first-order valence-corrected chi connectivity index (χ1v) is 9.66. The quantitative estimate of drug-likeness (QED) is 0.324. The van der Waals surface area contributed by atoms with Gasteiger partial charge in [0.05, 0.1) is 0 Å². The Morgan fingerprint density at radius 3 is 1.45 bits per heavy atom. The van der Waals surface area contributed by atoms with Crippen LogP contribution >= 0.6 is 0 Å². The fourth-order valence-corrected chi connectivity index (χ4v) is 4.17. The van der Waals surface area contributed by atoms with E-state index in [0.717, 1.165) is 22.1 Å². The predicted octanol–water partition coefficient (Wildman–Crippen LogP) is 7.05. The van der Waals surface area contributed by atoms with Crippen LogP contribution in [-0.2, 0) is 0 Å². The van der Waals surface area contributed by atoms with Crippen molar-refractivity contribution in [1.29, 1.82) is 0 Å². The van der Waals surface area contributed by atoms with Gasteiger partial charge in [-0.25, -0.2) is 0 Å². The van der Waals surface area contributed by atoms with E-state index in [9.17, 15) is 10.2 Å². The van der Waals surface area contributed by atoms with Gasteiger partial charge in [0, 0.05) is 0 Å². The van der Waals surface area contributed by atoms with Crippen LogP contribution in [0.1, 0.15) is 5.56 Å². The van der Waals surface area contributed by atoms with Gasteiger partial charge in [-0.05, 0) is 75.0 Å². The highest BCUT2D eigenvalue weighted by Gasteiger charge is 2.16. The standard InChI is InChI=1S/C27H20O2/c1-17-6-15-24-25(16-17)27(19-9-13-21(29)14-10-19)23-5-3-2-4-22(23)26(24)18-7-11-20(28)12-8-18/h2-16,28-29H,1H3. The van der Waals surface area contributed by atoms with Gasteiger partial charge in [0.1, 0.15) is 11.5 Å². The molecule has 2 heteroatoms. The zero-order chi connectivity index (χ0) is 20.0. The van der Waals surface area contributed by atoms with Crippen molar-refractivity contribution in [2.75, 3.05) is 0 Å². The lowest BCUT2D eigenvalue weighted by Crippen LogP contribution is -1.91. The van der Waals surface area contributed by atoms with Crippen LogP contribution < -0.4 is 0 Å². The smallest absolute Gasteiger partial charge is 0.115 e. The highest BCUT2D eigenvalue weighted by Crippen LogP contribution is 2.44. The molecule has 5 aromatic carbocycles. The Bertz CT molecular complexity index is 1350. The molecule has 0 bridgehead atoms. The Morgan fingerprint density at radius 2 is 0.931 bits per heavy atom. The van der Waals surface area contributed by atoms with Gasteiger partial charge in [-0.2, -0.15) is 0 Å². The van der Waals surface area contributed by atoms with E-state index >= 15 is 0 Å². The number of aromatic hydroxyl groups is 2. The summed E-state index contributed by atoms with van der Waals surface area (Å²) >= 11 is 0. The summed E-state index contributed by atoms with van der Waals surface area (Å²) in [6.45, 7) is 2.11. The van der Waals surface area contributed by atoms with Crippen LogP contribution in [-0.4, -0.2) is 10.2 Å². The van der Waals surface area contributed by atoms with Crippen LogP contribution in [0, 0.1) is 6.92 Å². The van der Waals surface area contributed by atoms with E-state index < -0.39 is 0 Å². The average Bonchev–Trinajstić information content (AvgIpc) is 2.74. The van der Waals surface area contributed by atoms with Gasteiger partial charge < -0.3 is 10.2 Å². The van der Waals surface area contributed by atoms with E-state index in [1.165, 1.54) is 27.3 Å². The minimum atomic E-state index is 0.263. The summed E-state index contributed by atoms with van der Waals surface area (Å²) < 4.78 is 0. The summed E-state index contributed by atoms with van der Waals surface area (Å²) in [6.07, 6.45) is 0. The molecule has 0 saturated heterocycles. The van der Waals surface area contributed by atoms with Gasteiger partial charge in [0.15, 0.2) is 0 Å². The Balaban J connectivity index is 1.98. The van der Waals surface area contributed by atoms with E-state index in [-0.39, 0.29) is 11.5 Å². The lowest BCUT2D eigenvalue weighted by molar-refractivity contribution is 0.475. The highest BCUT2D eigenvalue weighted by molar-refractivity contribution is 6.21. The van der Waals surface area contributed by atoms with Crippen molar-refractivity contribution >= 4 is 21.5 Å². The second-order valence-electron chi connectivity index (χ2n) is 7.44. The fourth-order valence-electron chi connectivity index (χ4n) is 4.17. The van der Waals surface area contributed by atoms with Crippen LogP contribution in [0.4, 0.5) is 0 Å². The van der Waals surface area contributed by atoms with Crippen molar-refractivity contribution < 1.29 is 10.2 Å². The maximum Gasteiger partial charge on any atom is 0.115 e. The Morgan fingerprint density at radius 1 is 0.483 bits per heavy atom. The number of hydrogen-bond donors (Lipinski definition) is 2. The third kappa shape index (κ3) is 2.90. The lowest BCUT2D eigenvalue weighted by atomic mass is 9.85. The number of phenols is 2. The topological polar surface area (TPSA) is 40.5 Å². The monoisotopic (exact) mass is 376 g/mol. The van der Waals surface area contributed by atoms with Gasteiger partial charge in [0.25, 0.3) is 0 Å². The zero-order valence-electron chi connectivity index (χ0n) is 16.1. The summed E-state index contributed by atoms with van der Waals surface area (Å²) in [5.74, 6) is 0.526. The van der Waals surface area contributed by atoms with Crippen LogP contribution in [0.3, 0.4) is 0 Å². The molecule has 2 nitrogen and oxygen atoms in total. The van der Waals surface area contributed by atoms with Crippen LogP contribution in [0.2, 0.25) is 0 Å². The maximum atomic E-state index is 9.77. The number of fused-ring (bicyclic) bond motifs is 2. The first-order chi connectivity index (χ1) is 14.1. The number of benzene rings is 5. The molecule has 0 aliphatic rings. The number of hydrogen-bond acceptors (Lipinski definition) is 2. The van der Waals surface area contributed by atoms with Gasteiger partial charge >= 0.3 is 0 Å². The van der Waals surface area contributed by atoms with Gasteiger partial charge in [-0.15, -0.1) is 0 Å². The third-order valence-electron chi connectivity index (χ3n) is 5.49. The Hall–Kier alpha value is -3.78. The molecule has 0 aromatic heterocycles. The fraction of sp³-hybridized carbons (Fsp3) is 0.0370. The van der Waals surface area contributed by atoms with Crippen LogP contribution in [0.5, 0.6) is 11.5 Å². The number of phenolic OH excluding ortho intramolecular Hbond substituents is 2. The molecule has 2 N–H and O–H groups in total. The van der Waals surface area contributed by atoms with Crippen molar-refractivity contribution in [2.45, 2.75) is 6.92 Å². The minimum absolute atomic E-state index is 0.263. The van der Waals surface area contributed by atoms with Gasteiger partial charge in [-0.3, -0.25) is 0 Å². The molecule has 0 amide bonds. The van der Waals surface area contributed by atoms with Crippen molar-refractivity contribution in [1.82, 2.24) is 0 Å². The second kappa shape index (κ2) is 6.68. The molecular formula is C27H20O2. The summed E-state index contributed by atoms with van der Waals surface area (Å²) in [5, 5.41) is 24.2. The molecule has 0 aliphatic carbocycles.